The number of aliphatic carboxylic acids is 1. The van der Waals surface area contributed by atoms with Crippen molar-refractivity contribution in [3.63, 3.8) is 0 Å². The van der Waals surface area contributed by atoms with Gasteiger partial charge in [0.1, 0.15) is 6.04 Å². The summed E-state index contributed by atoms with van der Waals surface area (Å²) < 4.78 is 30.2. The Morgan fingerprint density at radius 3 is 2.71 bits per heavy atom. The number of amides is 1. The lowest BCUT2D eigenvalue weighted by Gasteiger charge is -2.32. The van der Waals surface area contributed by atoms with E-state index in [0.717, 1.165) is 6.42 Å². The molecule has 0 spiro atoms. The SMILES string of the molecule is CNS(=O)(=O)c1ccc(C(=O)N2CCCC[C@@H]2C(=O)O)o1. The monoisotopic (exact) mass is 316 g/mol. The quantitative estimate of drug-likeness (QED) is 0.823. The lowest BCUT2D eigenvalue weighted by atomic mass is 10.0. The number of carbonyl (C=O) groups is 2. The maximum atomic E-state index is 12.3. The Kier molecular flexibility index (Phi) is 4.33. The fraction of sp³-hybridized carbons (Fsp3) is 0.500. The van der Waals surface area contributed by atoms with Gasteiger partial charge in [-0.3, -0.25) is 4.79 Å². The number of hydrogen-bond acceptors (Lipinski definition) is 5. The van der Waals surface area contributed by atoms with Crippen LogP contribution in [0.5, 0.6) is 0 Å². The van der Waals surface area contributed by atoms with Gasteiger partial charge in [0.15, 0.2) is 5.76 Å². The molecule has 0 bridgehead atoms. The predicted molar refractivity (Wildman–Crippen MR) is 71.3 cm³/mol. The van der Waals surface area contributed by atoms with Crippen LogP contribution in [0.3, 0.4) is 0 Å². The molecule has 0 saturated carbocycles. The van der Waals surface area contributed by atoms with Gasteiger partial charge < -0.3 is 14.4 Å². The van der Waals surface area contributed by atoms with Gasteiger partial charge in [-0.15, -0.1) is 0 Å². The van der Waals surface area contributed by atoms with E-state index in [1.165, 1.54) is 24.1 Å². The number of carbonyl (C=O) groups excluding carboxylic acids is 1. The van der Waals surface area contributed by atoms with Gasteiger partial charge in [0.2, 0.25) is 5.09 Å². The van der Waals surface area contributed by atoms with Crippen molar-refractivity contribution in [3.8, 4) is 0 Å². The second kappa shape index (κ2) is 5.86. The molecule has 0 radical (unpaired) electrons. The maximum absolute atomic E-state index is 12.3. The van der Waals surface area contributed by atoms with Crippen LogP contribution < -0.4 is 4.72 Å². The molecule has 21 heavy (non-hydrogen) atoms. The fourth-order valence-electron chi connectivity index (χ4n) is 2.25. The Hall–Kier alpha value is -1.87. The molecule has 0 aromatic carbocycles. The van der Waals surface area contributed by atoms with Crippen LogP contribution in [0.2, 0.25) is 0 Å². The highest BCUT2D eigenvalue weighted by atomic mass is 32.2. The lowest BCUT2D eigenvalue weighted by molar-refractivity contribution is -0.143. The zero-order valence-electron chi connectivity index (χ0n) is 11.4. The number of hydrogen-bond donors (Lipinski definition) is 2. The van der Waals surface area contributed by atoms with Gasteiger partial charge in [-0.1, -0.05) is 0 Å². The van der Waals surface area contributed by atoms with Crippen LogP contribution >= 0.6 is 0 Å². The first-order chi connectivity index (χ1) is 9.86. The second-order valence-electron chi connectivity index (χ2n) is 4.67. The summed E-state index contributed by atoms with van der Waals surface area (Å²) in [5, 5.41) is 8.77. The molecule has 0 unspecified atom stereocenters. The normalized spacial score (nSPS) is 19.5. The van der Waals surface area contributed by atoms with E-state index in [1.807, 2.05) is 0 Å². The largest absolute Gasteiger partial charge is 0.480 e. The van der Waals surface area contributed by atoms with Crippen molar-refractivity contribution in [2.24, 2.45) is 0 Å². The first kappa shape index (κ1) is 15.5. The minimum absolute atomic E-state index is 0.183. The van der Waals surface area contributed by atoms with E-state index in [2.05, 4.69) is 4.72 Å². The summed E-state index contributed by atoms with van der Waals surface area (Å²) in [6.45, 7) is 0.310. The minimum atomic E-state index is -3.78. The average Bonchev–Trinajstić information content (AvgIpc) is 2.97. The fourth-order valence-corrected chi connectivity index (χ4v) is 2.90. The van der Waals surface area contributed by atoms with E-state index in [9.17, 15) is 18.0 Å². The van der Waals surface area contributed by atoms with Crippen molar-refractivity contribution in [2.75, 3.05) is 13.6 Å². The van der Waals surface area contributed by atoms with E-state index in [1.54, 1.807) is 0 Å². The maximum Gasteiger partial charge on any atom is 0.326 e. The smallest absolute Gasteiger partial charge is 0.326 e. The molecule has 116 valence electrons. The van der Waals surface area contributed by atoms with Gasteiger partial charge in [-0.05, 0) is 38.4 Å². The summed E-state index contributed by atoms with van der Waals surface area (Å²) >= 11 is 0. The number of likely N-dealkylation sites (tertiary alicyclic amines) is 1. The zero-order valence-corrected chi connectivity index (χ0v) is 12.2. The molecule has 1 amide bonds. The predicted octanol–water partition coefficient (Wildman–Crippen LogP) is 0.267. The average molecular weight is 316 g/mol. The lowest BCUT2D eigenvalue weighted by Crippen LogP contribution is -2.47. The Morgan fingerprint density at radius 2 is 2.10 bits per heavy atom. The van der Waals surface area contributed by atoms with Gasteiger partial charge >= 0.3 is 5.97 Å². The molecule has 1 atom stereocenters. The molecule has 9 heteroatoms. The Balaban J connectivity index is 2.25. The van der Waals surface area contributed by atoms with Crippen LogP contribution in [0.15, 0.2) is 21.6 Å². The number of nitrogens with one attached hydrogen (secondary N) is 1. The number of furan rings is 1. The summed E-state index contributed by atoms with van der Waals surface area (Å²) in [5.41, 5.74) is 0. The molecule has 1 saturated heterocycles. The number of carboxylic acids is 1. The molecule has 1 aliphatic heterocycles. The first-order valence-corrected chi connectivity index (χ1v) is 7.92. The van der Waals surface area contributed by atoms with E-state index in [-0.39, 0.29) is 10.9 Å². The summed E-state index contributed by atoms with van der Waals surface area (Å²) in [4.78, 5) is 24.7. The Morgan fingerprint density at radius 1 is 1.38 bits per heavy atom. The van der Waals surface area contributed by atoms with Crippen LogP contribution in [0.4, 0.5) is 0 Å². The van der Waals surface area contributed by atoms with Crippen LogP contribution in [-0.4, -0.2) is 49.9 Å². The van der Waals surface area contributed by atoms with Crippen molar-refractivity contribution < 1.29 is 27.5 Å². The molecule has 2 heterocycles. The zero-order chi connectivity index (χ0) is 15.6. The van der Waals surface area contributed by atoms with Crippen molar-refractivity contribution in [3.05, 3.63) is 17.9 Å². The third kappa shape index (κ3) is 3.08. The molecular weight excluding hydrogens is 300 g/mol. The molecule has 0 aliphatic carbocycles. The molecule has 2 N–H and O–H groups in total. The van der Waals surface area contributed by atoms with Crippen LogP contribution in [-0.2, 0) is 14.8 Å². The molecule has 1 fully saturated rings. The van der Waals surface area contributed by atoms with Crippen molar-refractivity contribution in [1.82, 2.24) is 9.62 Å². The van der Waals surface area contributed by atoms with Crippen molar-refractivity contribution in [2.45, 2.75) is 30.4 Å². The van der Waals surface area contributed by atoms with Gasteiger partial charge in [-0.25, -0.2) is 17.9 Å². The topological polar surface area (TPSA) is 117 Å². The summed E-state index contributed by atoms with van der Waals surface area (Å²) in [5.74, 6) is -1.87. The highest BCUT2D eigenvalue weighted by Crippen LogP contribution is 2.22. The van der Waals surface area contributed by atoms with Crippen molar-refractivity contribution in [1.29, 1.82) is 0 Å². The van der Waals surface area contributed by atoms with E-state index < -0.39 is 27.9 Å². The number of piperidine rings is 1. The molecule has 2 rings (SSSR count). The van der Waals surface area contributed by atoms with Crippen molar-refractivity contribution >= 4 is 21.9 Å². The molecule has 1 aliphatic rings. The number of sulfonamides is 1. The van der Waals surface area contributed by atoms with E-state index >= 15 is 0 Å². The first-order valence-electron chi connectivity index (χ1n) is 6.44. The van der Waals surface area contributed by atoms with Gasteiger partial charge in [0, 0.05) is 6.54 Å². The molecule has 8 nitrogen and oxygen atoms in total. The Labute approximate surface area is 121 Å². The standard InChI is InChI=1S/C12H16N2O6S/c1-13-21(18,19)10-6-5-9(20-10)11(15)14-7-3-2-4-8(14)12(16)17/h5-6,8,13H,2-4,7H2,1H3,(H,16,17)/t8-/m1/s1. The van der Waals surface area contributed by atoms with Gasteiger partial charge in [-0.2, -0.15) is 0 Å². The molecule has 1 aromatic heterocycles. The van der Waals surface area contributed by atoms with Gasteiger partial charge in [0.25, 0.3) is 15.9 Å². The minimum Gasteiger partial charge on any atom is -0.480 e. The molecule has 1 aromatic rings. The summed E-state index contributed by atoms with van der Waals surface area (Å²) in [7, 11) is -2.55. The highest BCUT2D eigenvalue weighted by Gasteiger charge is 2.34. The Bertz CT molecular complexity index is 650. The highest BCUT2D eigenvalue weighted by molar-refractivity contribution is 7.89. The third-order valence-electron chi connectivity index (χ3n) is 3.37. The number of carboxylic acid groups (broad SMARTS) is 1. The summed E-state index contributed by atoms with van der Waals surface area (Å²) in [6, 6.07) is 1.50. The third-order valence-corrected chi connectivity index (χ3v) is 4.66. The number of rotatable bonds is 4. The summed E-state index contributed by atoms with van der Waals surface area (Å²) in [6.07, 6.45) is 1.82. The van der Waals surface area contributed by atoms with E-state index in [0.29, 0.717) is 19.4 Å². The van der Waals surface area contributed by atoms with Crippen LogP contribution in [0, 0.1) is 0 Å². The number of nitrogens with zero attached hydrogens (tertiary/aromatic N) is 1. The van der Waals surface area contributed by atoms with Crippen LogP contribution in [0.1, 0.15) is 29.8 Å². The van der Waals surface area contributed by atoms with E-state index in [4.69, 9.17) is 9.52 Å². The van der Waals surface area contributed by atoms with Crippen LogP contribution in [0.25, 0.3) is 0 Å². The second-order valence-corrected chi connectivity index (χ2v) is 6.49. The molecular formula is C12H16N2O6S. The van der Waals surface area contributed by atoms with Gasteiger partial charge in [0.05, 0.1) is 0 Å².